The maximum absolute atomic E-state index is 5.82. The Morgan fingerprint density at radius 1 is 1.28 bits per heavy atom. The Kier molecular flexibility index (Phi) is 4.56. The van der Waals surface area contributed by atoms with E-state index in [0.29, 0.717) is 11.3 Å². The first-order chi connectivity index (χ1) is 12.2. The van der Waals surface area contributed by atoms with Gasteiger partial charge >= 0.3 is 0 Å². The minimum atomic E-state index is 0.217. The Labute approximate surface area is 149 Å². The maximum atomic E-state index is 5.82. The first kappa shape index (κ1) is 16.7. The highest BCUT2D eigenvalue weighted by atomic mass is 16.4. The van der Waals surface area contributed by atoms with Crippen LogP contribution in [0.4, 0.5) is 0 Å². The van der Waals surface area contributed by atoms with Gasteiger partial charge in [-0.2, -0.15) is 0 Å². The summed E-state index contributed by atoms with van der Waals surface area (Å²) in [7, 11) is 0. The lowest BCUT2D eigenvalue weighted by Crippen LogP contribution is -2.41. The van der Waals surface area contributed by atoms with Crippen LogP contribution in [0.1, 0.15) is 49.6 Å². The highest BCUT2D eigenvalue weighted by Crippen LogP contribution is 2.49. The van der Waals surface area contributed by atoms with Crippen LogP contribution in [0.25, 0.3) is 0 Å². The Morgan fingerprint density at radius 3 is 2.76 bits per heavy atom. The predicted octanol–water partition coefficient (Wildman–Crippen LogP) is 2.82. The number of likely N-dealkylation sites (tertiary alicyclic amines) is 2. The van der Waals surface area contributed by atoms with Crippen LogP contribution in [0, 0.1) is 12.3 Å². The standard InChI is InChI=1S/C19H27N5O/c1-3-23-9-6-19(7-10-23)11-17(18-22-21-15(2)25-18)24(14-19)13-16-5-4-8-20-12-16/h4-5,8,12,17H,3,6-7,9-11,13-14H2,1-2H3. The van der Waals surface area contributed by atoms with Crippen LogP contribution in [-0.4, -0.2) is 51.2 Å². The van der Waals surface area contributed by atoms with E-state index in [1.165, 1.54) is 31.5 Å². The minimum Gasteiger partial charge on any atom is -0.424 e. The molecule has 25 heavy (non-hydrogen) atoms. The van der Waals surface area contributed by atoms with E-state index in [4.69, 9.17) is 4.42 Å². The molecule has 2 aliphatic heterocycles. The van der Waals surface area contributed by atoms with Gasteiger partial charge < -0.3 is 9.32 Å². The number of pyridine rings is 1. The number of aromatic nitrogens is 3. The Balaban J connectivity index is 1.56. The largest absolute Gasteiger partial charge is 0.424 e. The van der Waals surface area contributed by atoms with Crippen LogP contribution in [0.2, 0.25) is 0 Å². The summed E-state index contributed by atoms with van der Waals surface area (Å²) >= 11 is 0. The molecule has 0 saturated carbocycles. The predicted molar refractivity (Wildman–Crippen MR) is 94.8 cm³/mol. The molecule has 4 rings (SSSR count). The Bertz CT molecular complexity index is 693. The molecular formula is C19H27N5O. The van der Waals surface area contributed by atoms with E-state index >= 15 is 0 Å². The van der Waals surface area contributed by atoms with Crippen LogP contribution < -0.4 is 0 Å². The first-order valence-corrected chi connectivity index (χ1v) is 9.33. The summed E-state index contributed by atoms with van der Waals surface area (Å²) in [5.74, 6) is 1.43. The molecule has 2 aromatic heterocycles. The zero-order valence-corrected chi connectivity index (χ0v) is 15.2. The van der Waals surface area contributed by atoms with E-state index in [-0.39, 0.29) is 6.04 Å². The number of aryl methyl sites for hydroxylation is 1. The topological polar surface area (TPSA) is 58.3 Å². The maximum Gasteiger partial charge on any atom is 0.233 e. The number of rotatable bonds is 4. The molecule has 2 aliphatic rings. The van der Waals surface area contributed by atoms with Gasteiger partial charge in [-0.25, -0.2) is 0 Å². The van der Waals surface area contributed by atoms with E-state index in [1.54, 1.807) is 0 Å². The van der Waals surface area contributed by atoms with Crippen molar-refractivity contribution in [3.63, 3.8) is 0 Å². The number of nitrogens with zero attached hydrogens (tertiary/aromatic N) is 5. The second kappa shape index (κ2) is 6.84. The van der Waals surface area contributed by atoms with Crippen molar-refractivity contribution in [1.29, 1.82) is 0 Å². The third-order valence-electron chi connectivity index (χ3n) is 5.90. The number of hydrogen-bond donors (Lipinski definition) is 0. The van der Waals surface area contributed by atoms with E-state index < -0.39 is 0 Å². The van der Waals surface area contributed by atoms with Gasteiger partial charge in [-0.15, -0.1) is 10.2 Å². The van der Waals surface area contributed by atoms with E-state index in [2.05, 4.69) is 38.0 Å². The second-order valence-electron chi connectivity index (χ2n) is 7.58. The van der Waals surface area contributed by atoms with Gasteiger partial charge in [0.05, 0.1) is 6.04 Å². The molecule has 1 spiro atoms. The summed E-state index contributed by atoms with van der Waals surface area (Å²) < 4.78 is 5.82. The molecule has 0 N–H and O–H groups in total. The lowest BCUT2D eigenvalue weighted by atomic mass is 9.76. The molecule has 4 heterocycles. The number of hydrogen-bond acceptors (Lipinski definition) is 6. The Hall–Kier alpha value is -1.79. The fourth-order valence-corrected chi connectivity index (χ4v) is 4.43. The van der Waals surface area contributed by atoms with E-state index in [0.717, 1.165) is 31.9 Å². The SMILES string of the molecule is CCN1CCC2(CC1)CC(c1nnc(C)o1)N(Cc1cccnc1)C2. The van der Waals surface area contributed by atoms with Crippen molar-refractivity contribution >= 4 is 0 Å². The third-order valence-corrected chi connectivity index (χ3v) is 5.90. The number of piperidine rings is 1. The lowest BCUT2D eigenvalue weighted by molar-refractivity contribution is 0.110. The summed E-state index contributed by atoms with van der Waals surface area (Å²) in [6, 6.07) is 4.37. The molecule has 0 aromatic carbocycles. The van der Waals surface area contributed by atoms with Crippen molar-refractivity contribution in [2.75, 3.05) is 26.2 Å². The van der Waals surface area contributed by atoms with Crippen LogP contribution in [0.5, 0.6) is 0 Å². The van der Waals surface area contributed by atoms with E-state index in [1.807, 2.05) is 25.4 Å². The molecule has 0 aliphatic carbocycles. The quantitative estimate of drug-likeness (QED) is 0.852. The molecule has 2 saturated heterocycles. The van der Waals surface area contributed by atoms with Gasteiger partial charge in [0, 0.05) is 32.4 Å². The van der Waals surface area contributed by atoms with Gasteiger partial charge in [0.25, 0.3) is 0 Å². The second-order valence-corrected chi connectivity index (χ2v) is 7.58. The average Bonchev–Trinajstić information content (AvgIpc) is 3.21. The summed E-state index contributed by atoms with van der Waals surface area (Å²) in [5, 5.41) is 8.41. The molecule has 2 fully saturated rings. The van der Waals surface area contributed by atoms with Crippen molar-refractivity contribution in [2.24, 2.45) is 5.41 Å². The molecule has 2 aromatic rings. The highest BCUT2D eigenvalue weighted by Gasteiger charge is 2.47. The van der Waals surface area contributed by atoms with E-state index in [9.17, 15) is 0 Å². The van der Waals surface area contributed by atoms with Gasteiger partial charge in [-0.3, -0.25) is 9.88 Å². The van der Waals surface area contributed by atoms with Crippen LogP contribution in [0.3, 0.4) is 0 Å². The summed E-state index contributed by atoms with van der Waals surface area (Å²) in [4.78, 5) is 9.34. The van der Waals surface area contributed by atoms with Gasteiger partial charge in [0.1, 0.15) is 0 Å². The Morgan fingerprint density at radius 2 is 2.12 bits per heavy atom. The highest BCUT2D eigenvalue weighted by molar-refractivity contribution is 5.11. The van der Waals surface area contributed by atoms with Crippen molar-refractivity contribution < 1.29 is 4.42 Å². The van der Waals surface area contributed by atoms with Crippen LogP contribution in [-0.2, 0) is 6.54 Å². The van der Waals surface area contributed by atoms with Crippen LogP contribution >= 0.6 is 0 Å². The molecule has 1 atom stereocenters. The average molecular weight is 341 g/mol. The normalized spacial score (nSPS) is 24.2. The van der Waals surface area contributed by atoms with Gasteiger partial charge in [-0.1, -0.05) is 13.0 Å². The minimum absolute atomic E-state index is 0.217. The van der Waals surface area contributed by atoms with Crippen molar-refractivity contribution in [3.05, 3.63) is 41.9 Å². The molecule has 1 unspecified atom stereocenters. The van der Waals surface area contributed by atoms with Crippen molar-refractivity contribution in [2.45, 2.75) is 45.7 Å². The van der Waals surface area contributed by atoms with Gasteiger partial charge in [0.2, 0.25) is 11.8 Å². The summed E-state index contributed by atoms with van der Waals surface area (Å²) in [6.07, 6.45) is 7.42. The molecule has 0 bridgehead atoms. The molecule has 134 valence electrons. The fourth-order valence-electron chi connectivity index (χ4n) is 4.43. The lowest BCUT2D eigenvalue weighted by Gasteiger charge is -2.39. The molecular weight excluding hydrogens is 314 g/mol. The summed E-state index contributed by atoms with van der Waals surface area (Å²) in [6.45, 7) is 9.67. The van der Waals surface area contributed by atoms with Gasteiger partial charge in [0.15, 0.2) is 0 Å². The molecule has 0 radical (unpaired) electrons. The van der Waals surface area contributed by atoms with Gasteiger partial charge in [-0.05, 0) is 55.9 Å². The molecule has 0 amide bonds. The van der Waals surface area contributed by atoms with Crippen LogP contribution in [0.15, 0.2) is 28.9 Å². The third kappa shape index (κ3) is 3.46. The monoisotopic (exact) mass is 341 g/mol. The van der Waals surface area contributed by atoms with Crippen molar-refractivity contribution in [1.82, 2.24) is 25.0 Å². The first-order valence-electron chi connectivity index (χ1n) is 9.33. The molecule has 6 nitrogen and oxygen atoms in total. The zero-order valence-electron chi connectivity index (χ0n) is 15.2. The van der Waals surface area contributed by atoms with Crippen molar-refractivity contribution in [3.8, 4) is 0 Å². The molecule has 6 heteroatoms. The smallest absolute Gasteiger partial charge is 0.233 e. The summed E-state index contributed by atoms with van der Waals surface area (Å²) in [5.41, 5.74) is 1.62. The zero-order chi connectivity index (χ0) is 17.3. The fraction of sp³-hybridized carbons (Fsp3) is 0.632.